The van der Waals surface area contributed by atoms with Crippen molar-refractivity contribution < 1.29 is 4.74 Å². The molecule has 2 aromatic rings. The number of aromatic nitrogens is 1. The SMILES string of the molecule is CNCc1sc(-c2cccc(OC)c2)nc1C1CC1. The average molecular weight is 274 g/mol. The molecule has 0 spiro atoms. The Bertz CT molecular complexity index is 575. The van der Waals surface area contributed by atoms with Crippen LogP contribution in [0.2, 0.25) is 0 Å². The van der Waals surface area contributed by atoms with Crippen LogP contribution < -0.4 is 10.1 Å². The Kier molecular flexibility index (Phi) is 3.53. The van der Waals surface area contributed by atoms with Crippen LogP contribution in [0.15, 0.2) is 24.3 Å². The van der Waals surface area contributed by atoms with Crippen molar-refractivity contribution in [2.75, 3.05) is 14.2 Å². The molecule has 4 heteroatoms. The molecule has 0 aliphatic heterocycles. The van der Waals surface area contributed by atoms with Gasteiger partial charge in [-0.3, -0.25) is 0 Å². The van der Waals surface area contributed by atoms with Crippen LogP contribution in [0.4, 0.5) is 0 Å². The second kappa shape index (κ2) is 5.31. The molecule has 1 aliphatic carbocycles. The number of nitrogens with zero attached hydrogens (tertiary/aromatic N) is 1. The van der Waals surface area contributed by atoms with Crippen LogP contribution in [-0.2, 0) is 6.54 Å². The highest BCUT2D eigenvalue weighted by molar-refractivity contribution is 7.15. The Morgan fingerprint density at radius 1 is 1.42 bits per heavy atom. The summed E-state index contributed by atoms with van der Waals surface area (Å²) in [5.41, 5.74) is 2.45. The number of nitrogens with one attached hydrogen (secondary N) is 1. The monoisotopic (exact) mass is 274 g/mol. The summed E-state index contributed by atoms with van der Waals surface area (Å²) in [6, 6.07) is 8.14. The van der Waals surface area contributed by atoms with Gasteiger partial charge in [-0.15, -0.1) is 11.3 Å². The van der Waals surface area contributed by atoms with Crippen LogP contribution in [0.25, 0.3) is 10.6 Å². The Labute approximate surface area is 117 Å². The summed E-state index contributed by atoms with van der Waals surface area (Å²) in [6.07, 6.45) is 2.58. The van der Waals surface area contributed by atoms with Crippen molar-refractivity contribution in [3.63, 3.8) is 0 Å². The molecule has 1 aromatic carbocycles. The summed E-state index contributed by atoms with van der Waals surface area (Å²) in [7, 11) is 3.69. The Hall–Kier alpha value is -1.39. The predicted molar refractivity (Wildman–Crippen MR) is 78.8 cm³/mol. The first kappa shape index (κ1) is 12.6. The second-order valence-electron chi connectivity index (χ2n) is 4.86. The molecule has 0 saturated heterocycles. The molecular formula is C15H18N2OS. The lowest BCUT2D eigenvalue weighted by atomic mass is 10.2. The van der Waals surface area contributed by atoms with Crippen LogP contribution in [0.1, 0.15) is 29.3 Å². The van der Waals surface area contributed by atoms with Gasteiger partial charge in [0.05, 0.1) is 12.8 Å². The van der Waals surface area contributed by atoms with E-state index in [9.17, 15) is 0 Å². The van der Waals surface area contributed by atoms with Gasteiger partial charge in [-0.25, -0.2) is 4.98 Å². The average Bonchev–Trinajstić information content (AvgIpc) is 3.21. The minimum atomic E-state index is 0.693. The van der Waals surface area contributed by atoms with Gasteiger partial charge < -0.3 is 10.1 Å². The summed E-state index contributed by atoms with van der Waals surface area (Å²) < 4.78 is 5.29. The fraction of sp³-hybridized carbons (Fsp3) is 0.400. The molecule has 1 heterocycles. The fourth-order valence-electron chi connectivity index (χ4n) is 2.21. The van der Waals surface area contributed by atoms with E-state index in [1.165, 1.54) is 23.4 Å². The van der Waals surface area contributed by atoms with E-state index in [4.69, 9.17) is 9.72 Å². The maximum atomic E-state index is 5.29. The predicted octanol–water partition coefficient (Wildman–Crippen LogP) is 3.42. The molecule has 3 rings (SSSR count). The molecule has 1 aromatic heterocycles. The third-order valence-electron chi connectivity index (χ3n) is 3.35. The maximum absolute atomic E-state index is 5.29. The number of ether oxygens (including phenoxy) is 1. The largest absolute Gasteiger partial charge is 0.497 e. The quantitative estimate of drug-likeness (QED) is 0.907. The van der Waals surface area contributed by atoms with Crippen molar-refractivity contribution in [1.82, 2.24) is 10.3 Å². The van der Waals surface area contributed by atoms with Crippen LogP contribution in [0.5, 0.6) is 5.75 Å². The molecule has 0 unspecified atom stereocenters. The van der Waals surface area contributed by atoms with Crippen molar-refractivity contribution in [3.8, 4) is 16.3 Å². The van der Waals surface area contributed by atoms with Gasteiger partial charge in [-0.05, 0) is 32.0 Å². The third-order valence-corrected chi connectivity index (χ3v) is 4.47. The van der Waals surface area contributed by atoms with E-state index in [-0.39, 0.29) is 0 Å². The molecular weight excluding hydrogens is 256 g/mol. The number of thiazole rings is 1. The van der Waals surface area contributed by atoms with E-state index >= 15 is 0 Å². The summed E-state index contributed by atoms with van der Waals surface area (Å²) >= 11 is 1.80. The molecule has 0 amide bonds. The topological polar surface area (TPSA) is 34.1 Å². The molecule has 0 atom stereocenters. The standard InChI is InChI=1S/C15H18N2OS/c1-16-9-13-14(10-6-7-10)17-15(19-13)11-4-3-5-12(8-11)18-2/h3-5,8,10,16H,6-7,9H2,1-2H3. The highest BCUT2D eigenvalue weighted by atomic mass is 32.1. The Balaban J connectivity index is 1.97. The van der Waals surface area contributed by atoms with Crippen LogP contribution in [0, 0.1) is 0 Å². The maximum Gasteiger partial charge on any atom is 0.124 e. The van der Waals surface area contributed by atoms with Crippen molar-refractivity contribution in [2.45, 2.75) is 25.3 Å². The second-order valence-corrected chi connectivity index (χ2v) is 5.95. The fourth-order valence-corrected chi connectivity index (χ4v) is 3.36. The number of benzene rings is 1. The van der Waals surface area contributed by atoms with Crippen molar-refractivity contribution in [3.05, 3.63) is 34.8 Å². The van der Waals surface area contributed by atoms with E-state index in [0.717, 1.165) is 22.9 Å². The Morgan fingerprint density at radius 2 is 2.26 bits per heavy atom. The molecule has 1 N–H and O–H groups in total. The molecule has 0 radical (unpaired) electrons. The zero-order valence-corrected chi connectivity index (χ0v) is 12.1. The molecule has 1 fully saturated rings. The first-order valence-corrected chi connectivity index (χ1v) is 7.42. The Morgan fingerprint density at radius 3 is 2.95 bits per heavy atom. The molecule has 1 saturated carbocycles. The van der Waals surface area contributed by atoms with Gasteiger partial charge in [0.2, 0.25) is 0 Å². The zero-order chi connectivity index (χ0) is 13.2. The van der Waals surface area contributed by atoms with E-state index < -0.39 is 0 Å². The zero-order valence-electron chi connectivity index (χ0n) is 11.3. The molecule has 19 heavy (non-hydrogen) atoms. The van der Waals surface area contributed by atoms with Crippen molar-refractivity contribution in [1.29, 1.82) is 0 Å². The molecule has 1 aliphatic rings. The van der Waals surface area contributed by atoms with E-state index in [2.05, 4.69) is 17.4 Å². The number of rotatable bonds is 5. The number of hydrogen-bond acceptors (Lipinski definition) is 4. The van der Waals surface area contributed by atoms with Gasteiger partial charge in [0, 0.05) is 22.9 Å². The van der Waals surface area contributed by atoms with E-state index in [0.29, 0.717) is 5.92 Å². The minimum Gasteiger partial charge on any atom is -0.497 e. The summed E-state index contributed by atoms with van der Waals surface area (Å²) in [6.45, 7) is 0.910. The smallest absolute Gasteiger partial charge is 0.124 e. The number of methoxy groups -OCH3 is 1. The van der Waals surface area contributed by atoms with Gasteiger partial charge in [0.15, 0.2) is 0 Å². The van der Waals surface area contributed by atoms with Crippen LogP contribution in [0.3, 0.4) is 0 Å². The van der Waals surface area contributed by atoms with Gasteiger partial charge >= 0.3 is 0 Å². The molecule has 3 nitrogen and oxygen atoms in total. The summed E-state index contributed by atoms with van der Waals surface area (Å²) in [5.74, 6) is 1.58. The summed E-state index contributed by atoms with van der Waals surface area (Å²) in [5, 5.41) is 4.34. The summed E-state index contributed by atoms with van der Waals surface area (Å²) in [4.78, 5) is 6.24. The highest BCUT2D eigenvalue weighted by Gasteiger charge is 2.29. The lowest BCUT2D eigenvalue weighted by molar-refractivity contribution is 0.415. The van der Waals surface area contributed by atoms with Gasteiger partial charge in [-0.2, -0.15) is 0 Å². The van der Waals surface area contributed by atoms with Crippen molar-refractivity contribution >= 4 is 11.3 Å². The van der Waals surface area contributed by atoms with Gasteiger partial charge in [-0.1, -0.05) is 12.1 Å². The van der Waals surface area contributed by atoms with Crippen LogP contribution in [-0.4, -0.2) is 19.1 Å². The van der Waals surface area contributed by atoms with Crippen LogP contribution >= 0.6 is 11.3 Å². The highest BCUT2D eigenvalue weighted by Crippen LogP contribution is 2.44. The van der Waals surface area contributed by atoms with Gasteiger partial charge in [0.1, 0.15) is 10.8 Å². The first-order valence-electron chi connectivity index (χ1n) is 6.60. The molecule has 0 bridgehead atoms. The number of hydrogen-bond donors (Lipinski definition) is 1. The third kappa shape index (κ3) is 2.65. The van der Waals surface area contributed by atoms with E-state index in [1.54, 1.807) is 18.4 Å². The molecule has 100 valence electrons. The van der Waals surface area contributed by atoms with Gasteiger partial charge in [0.25, 0.3) is 0 Å². The van der Waals surface area contributed by atoms with E-state index in [1.807, 2.05) is 19.2 Å². The lowest BCUT2D eigenvalue weighted by Gasteiger charge is -2.01. The first-order chi connectivity index (χ1) is 9.31. The lowest BCUT2D eigenvalue weighted by Crippen LogP contribution is -2.05. The minimum absolute atomic E-state index is 0.693. The van der Waals surface area contributed by atoms with Crippen molar-refractivity contribution in [2.24, 2.45) is 0 Å². The normalized spacial score (nSPS) is 14.6.